The van der Waals surface area contributed by atoms with Gasteiger partial charge in [-0.1, -0.05) is 36.4 Å². The fraction of sp³-hybridized carbons (Fsp3) is 0.308. The van der Waals surface area contributed by atoms with Crippen molar-refractivity contribution >= 4 is 5.97 Å². The molecule has 1 aliphatic heterocycles. The van der Waals surface area contributed by atoms with E-state index in [1.165, 1.54) is 12.1 Å². The predicted molar refractivity (Wildman–Crippen MR) is 122 cm³/mol. The zero-order valence-corrected chi connectivity index (χ0v) is 18.6. The fourth-order valence-corrected chi connectivity index (χ4v) is 4.27. The Kier molecular flexibility index (Phi) is 7.42. The number of pyridine rings is 1. The summed E-state index contributed by atoms with van der Waals surface area (Å²) in [6.07, 6.45) is 1.62. The third-order valence-corrected chi connectivity index (χ3v) is 5.88. The van der Waals surface area contributed by atoms with E-state index in [-0.39, 0.29) is 17.6 Å². The van der Waals surface area contributed by atoms with Crippen LogP contribution in [0.3, 0.4) is 0 Å². The molecule has 7 heteroatoms. The summed E-state index contributed by atoms with van der Waals surface area (Å²) >= 11 is 0. The van der Waals surface area contributed by atoms with Crippen molar-refractivity contribution in [2.24, 2.45) is 0 Å². The number of carbonyl (C=O) groups is 1. The molecular formula is C26H27F2N3O2. The van der Waals surface area contributed by atoms with Crippen LogP contribution in [0.4, 0.5) is 8.78 Å². The van der Waals surface area contributed by atoms with Crippen LogP contribution in [0.1, 0.15) is 40.1 Å². The van der Waals surface area contributed by atoms with Gasteiger partial charge in [-0.25, -0.2) is 13.6 Å². The Morgan fingerprint density at radius 2 is 1.58 bits per heavy atom. The first kappa shape index (κ1) is 23.0. The number of nitrogens with zero attached hydrogens (tertiary/aromatic N) is 3. The lowest BCUT2D eigenvalue weighted by Gasteiger charge is -2.39. The van der Waals surface area contributed by atoms with E-state index in [4.69, 9.17) is 4.74 Å². The monoisotopic (exact) mass is 451 g/mol. The lowest BCUT2D eigenvalue weighted by Crippen LogP contribution is -2.47. The van der Waals surface area contributed by atoms with Gasteiger partial charge in [-0.05, 0) is 31.2 Å². The number of esters is 1. The molecule has 0 N–H and O–H groups in total. The van der Waals surface area contributed by atoms with Gasteiger partial charge in [0.25, 0.3) is 0 Å². The molecule has 2 aromatic carbocycles. The average molecular weight is 452 g/mol. The summed E-state index contributed by atoms with van der Waals surface area (Å²) in [5.74, 6) is -1.04. The molecule has 0 bridgehead atoms. The standard InChI is InChI=1S/C26H27F2N3O2/c1-2-33-26(32)19-11-12-29-20(17-19)18-30-13-15-31(16-14-30)25(21-7-3-5-9-23(21)27)22-8-4-6-10-24(22)28/h3-12,17,25H,2,13-16,18H2,1H3. The number of aromatic nitrogens is 1. The lowest BCUT2D eigenvalue weighted by molar-refractivity contribution is 0.0525. The molecule has 1 saturated heterocycles. The van der Waals surface area contributed by atoms with Gasteiger partial charge in [0.2, 0.25) is 0 Å². The molecule has 172 valence electrons. The summed E-state index contributed by atoms with van der Waals surface area (Å²) < 4.78 is 34.5. The molecule has 5 nitrogen and oxygen atoms in total. The van der Waals surface area contributed by atoms with Crippen LogP contribution in [0.25, 0.3) is 0 Å². The highest BCUT2D eigenvalue weighted by Gasteiger charge is 2.30. The molecule has 4 rings (SSSR count). The second kappa shape index (κ2) is 10.6. The molecule has 0 spiro atoms. The molecule has 1 aromatic heterocycles. The molecule has 33 heavy (non-hydrogen) atoms. The van der Waals surface area contributed by atoms with Crippen LogP contribution in [-0.4, -0.2) is 53.5 Å². The van der Waals surface area contributed by atoms with E-state index in [2.05, 4.69) is 14.8 Å². The van der Waals surface area contributed by atoms with Crippen molar-refractivity contribution in [3.63, 3.8) is 0 Å². The second-order valence-electron chi connectivity index (χ2n) is 8.01. The third-order valence-electron chi connectivity index (χ3n) is 5.88. The summed E-state index contributed by atoms with van der Waals surface area (Å²) in [5, 5.41) is 0. The number of halogens is 2. The lowest BCUT2D eigenvalue weighted by atomic mass is 9.95. The maximum absolute atomic E-state index is 14.7. The van der Waals surface area contributed by atoms with Crippen LogP contribution in [0.5, 0.6) is 0 Å². The van der Waals surface area contributed by atoms with Crippen LogP contribution >= 0.6 is 0 Å². The highest BCUT2D eigenvalue weighted by molar-refractivity contribution is 5.89. The van der Waals surface area contributed by atoms with Gasteiger partial charge in [0.1, 0.15) is 11.6 Å². The van der Waals surface area contributed by atoms with Crippen molar-refractivity contribution in [3.05, 3.63) is 101 Å². The minimum absolute atomic E-state index is 0.323. The summed E-state index contributed by atoms with van der Waals surface area (Å²) in [7, 11) is 0. The van der Waals surface area contributed by atoms with Gasteiger partial charge in [-0.2, -0.15) is 0 Å². The first-order chi connectivity index (χ1) is 16.1. The molecule has 2 heterocycles. The van der Waals surface area contributed by atoms with E-state index in [0.29, 0.717) is 56.0 Å². The molecule has 0 unspecified atom stereocenters. The van der Waals surface area contributed by atoms with Crippen molar-refractivity contribution in [1.29, 1.82) is 0 Å². The molecule has 0 saturated carbocycles. The summed E-state index contributed by atoms with van der Waals surface area (Å²) in [5.41, 5.74) is 2.22. The highest BCUT2D eigenvalue weighted by Crippen LogP contribution is 2.32. The zero-order valence-electron chi connectivity index (χ0n) is 18.6. The second-order valence-corrected chi connectivity index (χ2v) is 8.01. The van der Waals surface area contributed by atoms with Gasteiger partial charge in [0, 0.05) is 50.0 Å². The Hall–Kier alpha value is -3.16. The van der Waals surface area contributed by atoms with Gasteiger partial charge in [-0.15, -0.1) is 0 Å². The van der Waals surface area contributed by atoms with Crippen molar-refractivity contribution in [2.75, 3.05) is 32.8 Å². The topological polar surface area (TPSA) is 45.7 Å². The summed E-state index contributed by atoms with van der Waals surface area (Å²) in [6.45, 7) is 5.40. The quantitative estimate of drug-likeness (QED) is 0.497. The zero-order chi connectivity index (χ0) is 23.2. The Morgan fingerprint density at radius 1 is 0.970 bits per heavy atom. The highest BCUT2D eigenvalue weighted by atomic mass is 19.1. The minimum atomic E-state index is -0.500. The van der Waals surface area contributed by atoms with Crippen molar-refractivity contribution in [1.82, 2.24) is 14.8 Å². The van der Waals surface area contributed by atoms with E-state index in [1.807, 2.05) is 0 Å². The first-order valence-electron chi connectivity index (χ1n) is 11.1. The Balaban J connectivity index is 1.48. The number of hydrogen-bond donors (Lipinski definition) is 0. The van der Waals surface area contributed by atoms with Gasteiger partial charge in [0.15, 0.2) is 0 Å². The number of rotatable bonds is 7. The van der Waals surface area contributed by atoms with E-state index in [9.17, 15) is 13.6 Å². The van der Waals surface area contributed by atoms with Crippen LogP contribution in [0.2, 0.25) is 0 Å². The molecule has 3 aromatic rings. The molecule has 0 amide bonds. The molecule has 0 radical (unpaired) electrons. The number of hydrogen-bond acceptors (Lipinski definition) is 5. The summed E-state index contributed by atoms with van der Waals surface area (Å²) in [6, 6.07) is 16.0. The van der Waals surface area contributed by atoms with Gasteiger partial charge < -0.3 is 4.74 Å². The van der Waals surface area contributed by atoms with E-state index in [1.54, 1.807) is 61.7 Å². The Bertz CT molecular complexity index is 1050. The van der Waals surface area contributed by atoms with Gasteiger partial charge in [0.05, 0.1) is 23.9 Å². The largest absolute Gasteiger partial charge is 0.462 e. The van der Waals surface area contributed by atoms with E-state index < -0.39 is 6.04 Å². The van der Waals surface area contributed by atoms with Crippen LogP contribution in [0.15, 0.2) is 66.9 Å². The smallest absolute Gasteiger partial charge is 0.338 e. The SMILES string of the molecule is CCOC(=O)c1ccnc(CN2CCN(C(c3ccccc3F)c3ccccc3F)CC2)c1. The number of benzene rings is 2. The molecule has 0 atom stereocenters. The fourth-order valence-electron chi connectivity index (χ4n) is 4.27. The molecule has 1 aliphatic rings. The first-order valence-corrected chi connectivity index (χ1v) is 11.1. The Labute approximate surface area is 192 Å². The third kappa shape index (κ3) is 5.43. The van der Waals surface area contributed by atoms with Crippen LogP contribution < -0.4 is 0 Å². The van der Waals surface area contributed by atoms with Crippen molar-refractivity contribution in [2.45, 2.75) is 19.5 Å². The van der Waals surface area contributed by atoms with Crippen molar-refractivity contribution < 1.29 is 18.3 Å². The van der Waals surface area contributed by atoms with Crippen molar-refractivity contribution in [3.8, 4) is 0 Å². The average Bonchev–Trinajstić information content (AvgIpc) is 2.83. The number of carbonyl (C=O) groups excluding carboxylic acids is 1. The van der Waals surface area contributed by atoms with Gasteiger partial charge >= 0.3 is 5.97 Å². The van der Waals surface area contributed by atoms with Gasteiger partial charge in [-0.3, -0.25) is 14.8 Å². The minimum Gasteiger partial charge on any atom is -0.462 e. The normalized spacial score (nSPS) is 15.0. The van der Waals surface area contributed by atoms with Crippen LogP contribution in [0, 0.1) is 11.6 Å². The molecular weight excluding hydrogens is 424 g/mol. The molecule has 0 aliphatic carbocycles. The number of ether oxygens (including phenoxy) is 1. The number of piperazine rings is 1. The summed E-state index contributed by atoms with van der Waals surface area (Å²) in [4.78, 5) is 20.7. The maximum Gasteiger partial charge on any atom is 0.338 e. The van der Waals surface area contributed by atoms with E-state index in [0.717, 1.165) is 5.69 Å². The Morgan fingerprint density at radius 3 is 2.15 bits per heavy atom. The van der Waals surface area contributed by atoms with E-state index >= 15 is 0 Å². The molecule has 1 fully saturated rings. The predicted octanol–water partition coefficient (Wildman–Crippen LogP) is 4.44. The van der Waals surface area contributed by atoms with Crippen LogP contribution in [-0.2, 0) is 11.3 Å². The maximum atomic E-state index is 14.7.